The normalized spacial score (nSPS) is 11.0. The summed E-state index contributed by atoms with van der Waals surface area (Å²) in [5.41, 5.74) is 6.40. The largest absolute Gasteiger partial charge is 0.494 e. The molecule has 0 aliphatic carbocycles. The Morgan fingerprint density at radius 3 is 2.12 bits per heavy atom. The van der Waals surface area contributed by atoms with Crippen LogP contribution in [0.2, 0.25) is 0 Å². The molecule has 3 aromatic rings. The molecule has 0 bridgehead atoms. The van der Waals surface area contributed by atoms with Crippen molar-refractivity contribution in [2.75, 3.05) is 6.61 Å². The molecule has 0 aliphatic rings. The van der Waals surface area contributed by atoms with E-state index in [1.54, 1.807) is 0 Å². The fourth-order valence-electron chi connectivity index (χ4n) is 3.49. The number of nitrogens with zero attached hydrogens (tertiary/aromatic N) is 3. The maximum absolute atomic E-state index is 5.62. The highest BCUT2D eigenvalue weighted by Crippen LogP contribution is 2.33. The zero-order chi connectivity index (χ0) is 17.4. The summed E-state index contributed by atoms with van der Waals surface area (Å²) in [6, 6.07) is 6.13. The second-order valence-electron chi connectivity index (χ2n) is 5.98. The fourth-order valence-corrected chi connectivity index (χ4v) is 3.49. The van der Waals surface area contributed by atoms with Crippen molar-refractivity contribution in [3.05, 3.63) is 53.1 Å². The number of rotatable bonds is 4. The minimum atomic E-state index is 0.650. The van der Waals surface area contributed by atoms with E-state index in [2.05, 4.69) is 41.3 Å². The molecule has 2 aromatic heterocycles. The standard InChI is InChI=1S/C20H23N3O/c1-7-16-11-17(24-8-2)9-10-18(16)23-14(5)19-12(3)21-22-13(4)20(19)15(23)6/h7,9-11H,1,8H2,2-6H3. The molecule has 124 valence electrons. The van der Waals surface area contributed by atoms with Crippen molar-refractivity contribution >= 4 is 16.8 Å². The summed E-state index contributed by atoms with van der Waals surface area (Å²) < 4.78 is 7.88. The summed E-state index contributed by atoms with van der Waals surface area (Å²) in [6.07, 6.45) is 1.87. The van der Waals surface area contributed by atoms with Gasteiger partial charge in [-0.05, 0) is 52.8 Å². The van der Waals surface area contributed by atoms with Crippen LogP contribution < -0.4 is 4.74 Å². The summed E-state index contributed by atoms with van der Waals surface area (Å²) in [5.74, 6) is 0.860. The van der Waals surface area contributed by atoms with Crippen LogP contribution in [0.25, 0.3) is 22.5 Å². The quantitative estimate of drug-likeness (QED) is 0.699. The van der Waals surface area contributed by atoms with Crippen LogP contribution in [0.3, 0.4) is 0 Å². The van der Waals surface area contributed by atoms with E-state index in [4.69, 9.17) is 4.74 Å². The number of hydrogen-bond donors (Lipinski definition) is 0. The summed E-state index contributed by atoms with van der Waals surface area (Å²) >= 11 is 0. The van der Waals surface area contributed by atoms with Crippen molar-refractivity contribution in [1.29, 1.82) is 0 Å². The van der Waals surface area contributed by atoms with Crippen LogP contribution in [0.5, 0.6) is 5.75 Å². The molecule has 4 heteroatoms. The van der Waals surface area contributed by atoms with Crippen molar-refractivity contribution in [1.82, 2.24) is 14.8 Å². The van der Waals surface area contributed by atoms with Crippen molar-refractivity contribution in [3.8, 4) is 11.4 Å². The Labute approximate surface area is 142 Å². The second-order valence-corrected chi connectivity index (χ2v) is 5.98. The molecule has 0 spiro atoms. The summed E-state index contributed by atoms with van der Waals surface area (Å²) in [5, 5.41) is 11.0. The van der Waals surface area contributed by atoms with Crippen molar-refractivity contribution in [2.24, 2.45) is 0 Å². The molecule has 0 amide bonds. The smallest absolute Gasteiger partial charge is 0.120 e. The lowest BCUT2D eigenvalue weighted by Crippen LogP contribution is -2.02. The minimum Gasteiger partial charge on any atom is -0.494 e. The second kappa shape index (κ2) is 6.11. The Hall–Kier alpha value is -2.62. The Morgan fingerprint density at radius 1 is 1.04 bits per heavy atom. The van der Waals surface area contributed by atoms with Crippen molar-refractivity contribution in [3.63, 3.8) is 0 Å². The fraction of sp³-hybridized carbons (Fsp3) is 0.300. The van der Waals surface area contributed by atoms with Gasteiger partial charge in [-0.2, -0.15) is 10.2 Å². The van der Waals surface area contributed by atoms with E-state index in [0.29, 0.717) is 6.61 Å². The first-order valence-electron chi connectivity index (χ1n) is 8.20. The predicted octanol–water partition coefficient (Wildman–Crippen LogP) is 4.70. The van der Waals surface area contributed by atoms with Gasteiger partial charge in [0.25, 0.3) is 0 Å². The van der Waals surface area contributed by atoms with Gasteiger partial charge in [0.1, 0.15) is 5.75 Å². The third kappa shape index (κ3) is 2.39. The van der Waals surface area contributed by atoms with E-state index < -0.39 is 0 Å². The topological polar surface area (TPSA) is 39.9 Å². The van der Waals surface area contributed by atoms with Gasteiger partial charge in [0.05, 0.1) is 23.7 Å². The molecular weight excluding hydrogens is 298 g/mol. The first kappa shape index (κ1) is 16.2. The first-order valence-corrected chi connectivity index (χ1v) is 8.20. The molecule has 2 heterocycles. The summed E-state index contributed by atoms with van der Waals surface area (Å²) in [6.45, 7) is 14.9. The lowest BCUT2D eigenvalue weighted by atomic mass is 10.1. The van der Waals surface area contributed by atoms with E-state index >= 15 is 0 Å². The van der Waals surface area contributed by atoms with Gasteiger partial charge in [-0.15, -0.1) is 0 Å². The SMILES string of the molecule is C=Cc1cc(OCC)ccc1-n1c(C)c2c(C)nnc(C)c2c1C. The zero-order valence-electron chi connectivity index (χ0n) is 15.0. The Morgan fingerprint density at radius 2 is 1.62 bits per heavy atom. The first-order chi connectivity index (χ1) is 11.5. The van der Waals surface area contributed by atoms with E-state index in [1.807, 2.05) is 39.0 Å². The summed E-state index contributed by atoms with van der Waals surface area (Å²) in [7, 11) is 0. The molecule has 0 atom stereocenters. The summed E-state index contributed by atoms with van der Waals surface area (Å²) in [4.78, 5) is 0. The number of fused-ring (bicyclic) bond motifs is 1. The third-order valence-electron chi connectivity index (χ3n) is 4.49. The van der Waals surface area contributed by atoms with E-state index in [-0.39, 0.29) is 0 Å². The molecule has 3 rings (SSSR count). The molecule has 24 heavy (non-hydrogen) atoms. The van der Waals surface area contributed by atoms with Crippen LogP contribution in [0.4, 0.5) is 0 Å². The highest BCUT2D eigenvalue weighted by atomic mass is 16.5. The zero-order valence-corrected chi connectivity index (χ0v) is 15.0. The molecule has 0 saturated heterocycles. The monoisotopic (exact) mass is 321 g/mol. The lowest BCUT2D eigenvalue weighted by Gasteiger charge is -2.14. The number of aryl methyl sites for hydroxylation is 4. The molecule has 0 aliphatic heterocycles. The predicted molar refractivity (Wildman–Crippen MR) is 99.1 cm³/mol. The van der Waals surface area contributed by atoms with Gasteiger partial charge < -0.3 is 9.30 Å². The van der Waals surface area contributed by atoms with E-state index in [9.17, 15) is 0 Å². The Balaban J connectivity index is 2.33. The van der Waals surface area contributed by atoms with Crippen LogP contribution in [0, 0.1) is 27.7 Å². The van der Waals surface area contributed by atoms with Gasteiger partial charge in [-0.1, -0.05) is 12.7 Å². The van der Waals surface area contributed by atoms with Gasteiger partial charge in [-0.3, -0.25) is 0 Å². The molecule has 0 unspecified atom stereocenters. The highest BCUT2D eigenvalue weighted by molar-refractivity contribution is 5.92. The average Bonchev–Trinajstić information content (AvgIpc) is 2.83. The molecule has 4 nitrogen and oxygen atoms in total. The van der Waals surface area contributed by atoms with Gasteiger partial charge in [0.15, 0.2) is 0 Å². The number of benzene rings is 1. The maximum atomic E-state index is 5.62. The molecule has 0 fully saturated rings. The van der Waals surface area contributed by atoms with Crippen LogP contribution in [-0.4, -0.2) is 21.4 Å². The Bertz CT molecular complexity index is 893. The van der Waals surface area contributed by atoms with E-state index in [0.717, 1.165) is 28.4 Å². The third-order valence-corrected chi connectivity index (χ3v) is 4.49. The van der Waals surface area contributed by atoms with Gasteiger partial charge >= 0.3 is 0 Å². The minimum absolute atomic E-state index is 0.650. The van der Waals surface area contributed by atoms with Gasteiger partial charge in [0, 0.05) is 27.7 Å². The van der Waals surface area contributed by atoms with Crippen LogP contribution >= 0.6 is 0 Å². The van der Waals surface area contributed by atoms with Gasteiger partial charge in [0.2, 0.25) is 0 Å². The number of ether oxygens (including phenoxy) is 1. The molecule has 1 aromatic carbocycles. The molecule has 0 radical (unpaired) electrons. The molecule has 0 N–H and O–H groups in total. The highest BCUT2D eigenvalue weighted by Gasteiger charge is 2.18. The van der Waals surface area contributed by atoms with Gasteiger partial charge in [-0.25, -0.2) is 0 Å². The number of aromatic nitrogens is 3. The lowest BCUT2D eigenvalue weighted by molar-refractivity contribution is 0.340. The molecular formula is C20H23N3O. The maximum Gasteiger partial charge on any atom is 0.120 e. The van der Waals surface area contributed by atoms with Crippen molar-refractivity contribution < 1.29 is 4.74 Å². The van der Waals surface area contributed by atoms with E-state index in [1.165, 1.54) is 22.2 Å². The molecule has 0 saturated carbocycles. The Kier molecular flexibility index (Phi) is 4.14. The van der Waals surface area contributed by atoms with Crippen LogP contribution in [0.1, 0.15) is 35.3 Å². The van der Waals surface area contributed by atoms with Crippen LogP contribution in [0.15, 0.2) is 24.8 Å². The van der Waals surface area contributed by atoms with Crippen LogP contribution in [-0.2, 0) is 0 Å². The number of hydrogen-bond acceptors (Lipinski definition) is 3. The van der Waals surface area contributed by atoms with Crippen molar-refractivity contribution in [2.45, 2.75) is 34.6 Å². The average molecular weight is 321 g/mol.